The molecule has 7 nitrogen and oxygen atoms in total. The van der Waals surface area contributed by atoms with Crippen LogP contribution in [0.3, 0.4) is 0 Å². The molecule has 2 N–H and O–H groups in total. The van der Waals surface area contributed by atoms with Crippen molar-refractivity contribution in [2.75, 3.05) is 66.8 Å². The number of ether oxygens (including phenoxy) is 3. The average molecular weight is 526 g/mol. The number of thiophene rings is 1. The van der Waals surface area contributed by atoms with Gasteiger partial charge >= 0.3 is 0 Å². The number of guanidine groups is 1. The van der Waals surface area contributed by atoms with E-state index in [9.17, 15) is 0 Å². The number of aliphatic imine (C=N–C) groups is 1. The lowest BCUT2D eigenvalue weighted by Crippen LogP contribution is -2.48. The molecule has 2 rings (SSSR count). The Morgan fingerprint density at radius 2 is 2.25 bits per heavy atom. The molecule has 1 saturated heterocycles. The van der Waals surface area contributed by atoms with Gasteiger partial charge in [-0.05, 0) is 24.8 Å². The first-order chi connectivity index (χ1) is 13.2. The summed E-state index contributed by atoms with van der Waals surface area (Å²) in [6.07, 6.45) is 1.21. The Hall–Kier alpha value is -0.460. The number of halogens is 1. The van der Waals surface area contributed by atoms with Crippen LogP contribution in [0.15, 0.2) is 22.5 Å². The van der Waals surface area contributed by atoms with E-state index in [0.29, 0.717) is 19.3 Å². The molecule has 1 fully saturated rings. The van der Waals surface area contributed by atoms with E-state index in [-0.39, 0.29) is 30.1 Å². The maximum Gasteiger partial charge on any atom is 0.191 e. The van der Waals surface area contributed by atoms with Crippen LogP contribution in [0.25, 0.3) is 0 Å². The van der Waals surface area contributed by atoms with Crippen LogP contribution < -0.4 is 10.6 Å². The Morgan fingerprint density at radius 3 is 2.93 bits per heavy atom. The van der Waals surface area contributed by atoms with Gasteiger partial charge in [0.15, 0.2) is 5.96 Å². The average Bonchev–Trinajstić information content (AvgIpc) is 3.20. The standard InChI is InChI=1S/C19H34N4O3S.HI/c1-16-15-23(8-10-26-16)17(18-6-4-13-27-18)14-22-19(20-2)21-7-5-9-25-12-11-24-3;/h4,6,13,16-17H,5,7-12,14-15H2,1-3H3,(H2,20,21,22);1H. The van der Waals surface area contributed by atoms with Crippen LogP contribution >= 0.6 is 35.3 Å². The van der Waals surface area contributed by atoms with Gasteiger partial charge in [0.25, 0.3) is 0 Å². The van der Waals surface area contributed by atoms with Crippen molar-refractivity contribution < 1.29 is 14.2 Å². The summed E-state index contributed by atoms with van der Waals surface area (Å²) in [6.45, 7) is 8.48. The maximum absolute atomic E-state index is 5.71. The summed E-state index contributed by atoms with van der Waals surface area (Å²) < 4.78 is 16.2. The van der Waals surface area contributed by atoms with Gasteiger partial charge in [-0.2, -0.15) is 0 Å². The summed E-state index contributed by atoms with van der Waals surface area (Å²) in [5.74, 6) is 0.828. The third-order valence-electron chi connectivity index (χ3n) is 4.46. The lowest BCUT2D eigenvalue weighted by molar-refractivity contribution is -0.0334. The molecule has 2 heterocycles. The quantitative estimate of drug-likeness (QED) is 0.200. The number of hydrogen-bond donors (Lipinski definition) is 2. The zero-order chi connectivity index (χ0) is 19.3. The van der Waals surface area contributed by atoms with Crippen LogP contribution in [0, 0.1) is 0 Å². The van der Waals surface area contributed by atoms with Gasteiger partial charge in [0.05, 0.1) is 32.0 Å². The highest BCUT2D eigenvalue weighted by atomic mass is 127. The second-order valence-corrected chi connectivity index (χ2v) is 7.53. The summed E-state index contributed by atoms with van der Waals surface area (Å²) in [4.78, 5) is 8.22. The Morgan fingerprint density at radius 1 is 1.39 bits per heavy atom. The summed E-state index contributed by atoms with van der Waals surface area (Å²) in [5, 5.41) is 8.99. The van der Waals surface area contributed by atoms with E-state index in [4.69, 9.17) is 14.2 Å². The minimum Gasteiger partial charge on any atom is -0.382 e. The van der Waals surface area contributed by atoms with Crippen LogP contribution in [-0.2, 0) is 14.2 Å². The molecular formula is C19H35IN4O3S. The van der Waals surface area contributed by atoms with Gasteiger partial charge in [0.1, 0.15) is 0 Å². The smallest absolute Gasteiger partial charge is 0.191 e. The Bertz CT molecular complexity index is 533. The fourth-order valence-electron chi connectivity index (χ4n) is 3.06. The fourth-order valence-corrected chi connectivity index (χ4v) is 3.92. The first kappa shape index (κ1) is 25.6. The zero-order valence-electron chi connectivity index (χ0n) is 17.2. The molecule has 0 bridgehead atoms. The second-order valence-electron chi connectivity index (χ2n) is 6.55. The molecule has 1 aliphatic heterocycles. The highest BCUT2D eigenvalue weighted by Gasteiger charge is 2.26. The summed E-state index contributed by atoms with van der Waals surface area (Å²) >= 11 is 1.81. The molecule has 1 aliphatic rings. The lowest BCUT2D eigenvalue weighted by atomic mass is 10.1. The van der Waals surface area contributed by atoms with Gasteiger partial charge in [-0.3, -0.25) is 9.89 Å². The molecule has 1 aromatic rings. The molecule has 0 spiro atoms. The van der Waals surface area contributed by atoms with Crippen LogP contribution in [0.5, 0.6) is 0 Å². The topological polar surface area (TPSA) is 67.4 Å². The first-order valence-electron chi connectivity index (χ1n) is 9.64. The molecule has 28 heavy (non-hydrogen) atoms. The van der Waals surface area contributed by atoms with Crippen molar-refractivity contribution in [3.63, 3.8) is 0 Å². The van der Waals surface area contributed by atoms with E-state index in [1.807, 2.05) is 0 Å². The van der Waals surface area contributed by atoms with Crippen molar-refractivity contribution in [3.8, 4) is 0 Å². The van der Waals surface area contributed by atoms with Crippen molar-refractivity contribution in [2.24, 2.45) is 4.99 Å². The van der Waals surface area contributed by atoms with E-state index in [0.717, 1.165) is 51.8 Å². The lowest BCUT2D eigenvalue weighted by Gasteiger charge is -2.37. The van der Waals surface area contributed by atoms with Crippen molar-refractivity contribution in [1.29, 1.82) is 0 Å². The molecule has 2 atom stereocenters. The van der Waals surface area contributed by atoms with E-state index < -0.39 is 0 Å². The molecule has 2 unspecified atom stereocenters. The molecule has 0 radical (unpaired) electrons. The van der Waals surface area contributed by atoms with E-state index in [1.54, 1.807) is 25.5 Å². The number of nitrogens with zero attached hydrogens (tertiary/aromatic N) is 2. The van der Waals surface area contributed by atoms with Crippen molar-refractivity contribution in [3.05, 3.63) is 22.4 Å². The Balaban J connectivity index is 0.00000392. The molecule has 0 saturated carbocycles. The summed E-state index contributed by atoms with van der Waals surface area (Å²) in [7, 11) is 3.49. The van der Waals surface area contributed by atoms with Crippen molar-refractivity contribution in [1.82, 2.24) is 15.5 Å². The predicted octanol–water partition coefficient (Wildman–Crippen LogP) is 2.35. The van der Waals surface area contributed by atoms with Crippen molar-refractivity contribution >= 4 is 41.3 Å². The monoisotopic (exact) mass is 526 g/mol. The van der Waals surface area contributed by atoms with Crippen molar-refractivity contribution in [2.45, 2.75) is 25.5 Å². The second kappa shape index (κ2) is 15.4. The highest BCUT2D eigenvalue weighted by Crippen LogP contribution is 2.26. The fraction of sp³-hybridized carbons (Fsp3) is 0.737. The third-order valence-corrected chi connectivity index (χ3v) is 5.43. The van der Waals surface area contributed by atoms with Crippen LogP contribution in [0.2, 0.25) is 0 Å². The molecule has 9 heteroatoms. The van der Waals surface area contributed by atoms with Crippen LogP contribution in [0.4, 0.5) is 0 Å². The van der Waals surface area contributed by atoms with Gasteiger partial charge in [-0.1, -0.05) is 6.07 Å². The number of hydrogen-bond acceptors (Lipinski definition) is 6. The van der Waals surface area contributed by atoms with Gasteiger partial charge in [-0.15, -0.1) is 35.3 Å². The van der Waals surface area contributed by atoms with Gasteiger partial charge in [0.2, 0.25) is 0 Å². The van der Waals surface area contributed by atoms with Crippen LogP contribution in [-0.4, -0.2) is 83.7 Å². The summed E-state index contributed by atoms with van der Waals surface area (Å²) in [6, 6.07) is 4.66. The molecule has 162 valence electrons. The van der Waals surface area contributed by atoms with Gasteiger partial charge in [0, 0.05) is 51.8 Å². The van der Waals surface area contributed by atoms with Gasteiger partial charge < -0.3 is 24.8 Å². The zero-order valence-corrected chi connectivity index (χ0v) is 20.3. The largest absolute Gasteiger partial charge is 0.382 e. The highest BCUT2D eigenvalue weighted by molar-refractivity contribution is 14.0. The number of morpholine rings is 1. The Labute approximate surface area is 190 Å². The number of nitrogens with one attached hydrogen (secondary N) is 2. The number of methoxy groups -OCH3 is 1. The van der Waals surface area contributed by atoms with Crippen LogP contribution in [0.1, 0.15) is 24.3 Å². The molecule has 1 aromatic heterocycles. The normalized spacial score (nSPS) is 19.1. The molecule has 0 aromatic carbocycles. The molecule has 0 amide bonds. The SMILES string of the molecule is CN=C(NCCCOCCOC)NCC(c1cccs1)N1CCOC(C)C1.I. The maximum atomic E-state index is 5.71. The molecular weight excluding hydrogens is 491 g/mol. The van der Waals surface area contributed by atoms with Gasteiger partial charge in [-0.25, -0.2) is 0 Å². The minimum atomic E-state index is 0. The number of rotatable bonds is 11. The Kier molecular flexibility index (Phi) is 14.1. The third kappa shape index (κ3) is 9.36. The molecule has 0 aliphatic carbocycles. The van der Waals surface area contributed by atoms with E-state index in [2.05, 4.69) is 45.0 Å². The van der Waals surface area contributed by atoms with E-state index in [1.165, 1.54) is 4.88 Å². The minimum absolute atomic E-state index is 0. The predicted molar refractivity (Wildman–Crippen MR) is 126 cm³/mol. The van der Waals surface area contributed by atoms with E-state index >= 15 is 0 Å². The first-order valence-corrected chi connectivity index (χ1v) is 10.5. The summed E-state index contributed by atoms with van der Waals surface area (Å²) in [5.41, 5.74) is 0.